The predicted molar refractivity (Wildman–Crippen MR) is 96.9 cm³/mol. The molecule has 6 nitrogen and oxygen atoms in total. The summed E-state index contributed by atoms with van der Waals surface area (Å²) in [6, 6.07) is 5.25. The summed E-state index contributed by atoms with van der Waals surface area (Å²) >= 11 is 1.21. The van der Waals surface area contributed by atoms with Crippen LogP contribution in [0, 0.1) is 25.2 Å². The van der Waals surface area contributed by atoms with E-state index < -0.39 is 10.0 Å². The number of nitrogens with one attached hydrogen (secondary N) is 1. The highest BCUT2D eigenvalue weighted by Gasteiger charge is 2.29. The van der Waals surface area contributed by atoms with E-state index in [0.29, 0.717) is 23.6 Å². The standard InChI is InChI=1S/C17H20N4O2S2/c1-12-17(13(2)21(19-12)9-4-8-18)14-6-7-15(11-14)20-25(22,23)16-5-3-10-24-16/h3,5-7,10,14-15,20H,4,9,11H2,1-2H3/t14-,15+/m0/s1. The van der Waals surface area contributed by atoms with Crippen molar-refractivity contribution in [3.63, 3.8) is 0 Å². The number of sulfonamides is 1. The van der Waals surface area contributed by atoms with E-state index in [4.69, 9.17) is 5.26 Å². The molecule has 0 spiro atoms. The summed E-state index contributed by atoms with van der Waals surface area (Å²) < 4.78 is 29.7. The minimum atomic E-state index is -3.47. The first-order valence-corrected chi connectivity index (χ1v) is 10.4. The summed E-state index contributed by atoms with van der Waals surface area (Å²) in [5.74, 6) is 0.131. The van der Waals surface area contributed by atoms with Crippen LogP contribution in [0.1, 0.15) is 35.7 Å². The van der Waals surface area contributed by atoms with Gasteiger partial charge in [-0.05, 0) is 31.7 Å². The second kappa shape index (κ2) is 7.12. The second-order valence-electron chi connectivity index (χ2n) is 6.10. The maximum atomic E-state index is 12.4. The molecule has 1 N–H and O–H groups in total. The predicted octanol–water partition coefficient (Wildman–Crippen LogP) is 2.87. The molecule has 0 radical (unpaired) electrons. The summed E-state index contributed by atoms with van der Waals surface area (Å²) in [5, 5.41) is 15.0. The number of hydrogen-bond donors (Lipinski definition) is 1. The minimum absolute atomic E-state index is 0.131. The zero-order valence-corrected chi connectivity index (χ0v) is 15.8. The average Bonchev–Trinajstić information content (AvgIpc) is 3.27. The van der Waals surface area contributed by atoms with Gasteiger partial charge in [0.2, 0.25) is 0 Å². The Hall–Kier alpha value is -1.95. The average molecular weight is 377 g/mol. The fourth-order valence-corrected chi connectivity index (χ4v) is 5.51. The quantitative estimate of drug-likeness (QED) is 0.785. The summed E-state index contributed by atoms with van der Waals surface area (Å²) in [7, 11) is -3.47. The van der Waals surface area contributed by atoms with Crippen LogP contribution in [0.25, 0.3) is 0 Å². The molecule has 0 bridgehead atoms. The highest BCUT2D eigenvalue weighted by molar-refractivity contribution is 7.91. The van der Waals surface area contributed by atoms with Gasteiger partial charge < -0.3 is 0 Å². The first-order chi connectivity index (χ1) is 11.9. The molecule has 0 saturated carbocycles. The van der Waals surface area contributed by atoms with Crippen molar-refractivity contribution in [2.45, 2.75) is 49.4 Å². The molecule has 0 saturated heterocycles. The molecule has 0 amide bonds. The van der Waals surface area contributed by atoms with Crippen LogP contribution in [0.15, 0.2) is 33.9 Å². The topological polar surface area (TPSA) is 87.8 Å². The Morgan fingerprint density at radius 1 is 1.44 bits per heavy atom. The van der Waals surface area contributed by atoms with Gasteiger partial charge in [-0.25, -0.2) is 13.1 Å². The number of hydrogen-bond acceptors (Lipinski definition) is 5. The Kier molecular flexibility index (Phi) is 5.08. The summed E-state index contributed by atoms with van der Waals surface area (Å²) in [6.45, 7) is 4.54. The molecule has 0 fully saturated rings. The van der Waals surface area contributed by atoms with Crippen molar-refractivity contribution in [3.8, 4) is 6.07 Å². The second-order valence-corrected chi connectivity index (χ2v) is 8.99. The number of nitrogens with zero attached hydrogens (tertiary/aromatic N) is 3. The van der Waals surface area contributed by atoms with Crippen LogP contribution < -0.4 is 4.72 Å². The van der Waals surface area contributed by atoms with E-state index in [1.165, 1.54) is 11.3 Å². The molecule has 3 rings (SSSR count). The monoisotopic (exact) mass is 376 g/mol. The molecule has 132 valence electrons. The lowest BCUT2D eigenvalue weighted by Gasteiger charge is -2.14. The van der Waals surface area contributed by atoms with E-state index in [9.17, 15) is 8.42 Å². The zero-order chi connectivity index (χ0) is 18.0. The molecule has 2 atom stereocenters. The van der Waals surface area contributed by atoms with Crippen molar-refractivity contribution in [1.29, 1.82) is 5.26 Å². The van der Waals surface area contributed by atoms with Gasteiger partial charge in [0, 0.05) is 23.2 Å². The van der Waals surface area contributed by atoms with Gasteiger partial charge in [0.1, 0.15) is 4.21 Å². The number of allylic oxidation sites excluding steroid dienone is 1. The Morgan fingerprint density at radius 3 is 2.92 bits per heavy atom. The molecule has 2 heterocycles. The summed E-state index contributed by atoms with van der Waals surface area (Å²) in [4.78, 5) is 0. The van der Waals surface area contributed by atoms with Gasteiger partial charge in [0.25, 0.3) is 10.0 Å². The van der Waals surface area contributed by atoms with Gasteiger partial charge in [-0.1, -0.05) is 18.2 Å². The third-order valence-electron chi connectivity index (χ3n) is 4.39. The van der Waals surface area contributed by atoms with Gasteiger partial charge in [-0.3, -0.25) is 4.68 Å². The highest BCUT2D eigenvalue weighted by Crippen LogP contribution is 2.33. The van der Waals surface area contributed by atoms with Crippen molar-refractivity contribution in [1.82, 2.24) is 14.5 Å². The molecular weight excluding hydrogens is 356 g/mol. The maximum Gasteiger partial charge on any atom is 0.250 e. The Morgan fingerprint density at radius 2 is 2.24 bits per heavy atom. The normalized spacial score (nSPS) is 20.0. The van der Waals surface area contributed by atoms with E-state index in [1.54, 1.807) is 17.5 Å². The molecule has 2 aromatic rings. The first kappa shape index (κ1) is 17.9. The van der Waals surface area contributed by atoms with Crippen molar-refractivity contribution in [2.24, 2.45) is 0 Å². The van der Waals surface area contributed by atoms with Crippen LogP contribution in [0.4, 0.5) is 0 Å². The third kappa shape index (κ3) is 3.68. The van der Waals surface area contributed by atoms with E-state index in [2.05, 4.69) is 15.9 Å². The molecule has 1 aliphatic carbocycles. The van der Waals surface area contributed by atoms with Crippen molar-refractivity contribution in [3.05, 3.63) is 46.6 Å². The van der Waals surface area contributed by atoms with Crippen LogP contribution in [-0.4, -0.2) is 24.2 Å². The summed E-state index contributed by atoms with van der Waals surface area (Å²) in [5.41, 5.74) is 3.11. The number of thiophene rings is 1. The largest absolute Gasteiger partial charge is 0.268 e. The van der Waals surface area contributed by atoms with Crippen molar-refractivity contribution >= 4 is 21.4 Å². The van der Waals surface area contributed by atoms with Gasteiger partial charge in [0.05, 0.1) is 24.7 Å². The molecule has 8 heteroatoms. The maximum absolute atomic E-state index is 12.4. The fourth-order valence-electron chi connectivity index (χ4n) is 3.30. The van der Waals surface area contributed by atoms with E-state index >= 15 is 0 Å². The lowest BCUT2D eigenvalue weighted by atomic mass is 9.96. The molecule has 0 aliphatic heterocycles. The molecule has 25 heavy (non-hydrogen) atoms. The Balaban J connectivity index is 1.73. The lowest BCUT2D eigenvalue weighted by molar-refractivity contribution is 0.565. The van der Waals surface area contributed by atoms with Crippen LogP contribution in [0.2, 0.25) is 0 Å². The van der Waals surface area contributed by atoms with E-state index in [-0.39, 0.29) is 12.0 Å². The van der Waals surface area contributed by atoms with Gasteiger partial charge in [-0.15, -0.1) is 11.3 Å². The van der Waals surface area contributed by atoms with Crippen molar-refractivity contribution in [2.75, 3.05) is 0 Å². The Labute approximate surface area is 151 Å². The smallest absolute Gasteiger partial charge is 0.250 e. The molecular formula is C17H20N4O2S2. The van der Waals surface area contributed by atoms with Crippen molar-refractivity contribution < 1.29 is 8.42 Å². The van der Waals surface area contributed by atoms with Gasteiger partial charge >= 0.3 is 0 Å². The number of nitriles is 1. The molecule has 2 aromatic heterocycles. The lowest BCUT2D eigenvalue weighted by Crippen LogP contribution is -2.32. The SMILES string of the molecule is Cc1nn(CCC#N)c(C)c1[C@H]1C=C[C@@H](NS(=O)(=O)c2cccs2)C1. The van der Waals surface area contributed by atoms with Crippen LogP contribution in [0.3, 0.4) is 0 Å². The van der Waals surface area contributed by atoms with Gasteiger partial charge in [0.15, 0.2) is 0 Å². The number of aryl methyl sites for hydroxylation is 2. The zero-order valence-electron chi connectivity index (χ0n) is 14.1. The number of rotatable bonds is 6. The fraction of sp³-hybridized carbons (Fsp3) is 0.412. The highest BCUT2D eigenvalue weighted by atomic mass is 32.2. The van der Waals surface area contributed by atoms with Crippen LogP contribution in [-0.2, 0) is 16.6 Å². The van der Waals surface area contributed by atoms with Gasteiger partial charge in [-0.2, -0.15) is 10.4 Å². The van der Waals surface area contributed by atoms with E-state index in [1.807, 2.05) is 30.7 Å². The van der Waals surface area contributed by atoms with Crippen LogP contribution >= 0.6 is 11.3 Å². The molecule has 1 aliphatic rings. The minimum Gasteiger partial charge on any atom is -0.268 e. The third-order valence-corrected chi connectivity index (χ3v) is 7.28. The first-order valence-electron chi connectivity index (χ1n) is 8.07. The van der Waals surface area contributed by atoms with E-state index in [0.717, 1.165) is 17.0 Å². The number of aromatic nitrogens is 2. The molecule has 0 unspecified atom stereocenters. The van der Waals surface area contributed by atoms with Crippen LogP contribution in [0.5, 0.6) is 0 Å². The summed E-state index contributed by atoms with van der Waals surface area (Å²) in [6.07, 6.45) is 5.07. The Bertz CT molecular complexity index is 921. The molecule has 0 aromatic carbocycles.